The van der Waals surface area contributed by atoms with Gasteiger partial charge in [-0.2, -0.15) is 13.2 Å². The molecule has 0 heterocycles. The molecule has 0 aliphatic heterocycles. The topological polar surface area (TPSA) is 9.23 Å². The fourth-order valence-electron chi connectivity index (χ4n) is 1.61. The summed E-state index contributed by atoms with van der Waals surface area (Å²) in [5.41, 5.74) is 0.0531. The van der Waals surface area contributed by atoms with E-state index in [0.717, 1.165) is 17.7 Å². The van der Waals surface area contributed by atoms with E-state index in [1.165, 1.54) is 13.2 Å². The lowest BCUT2D eigenvalue weighted by atomic mass is 9.96. The molecular formula is C12H14ClF3O. The molecule has 1 atom stereocenters. The molecular weight excluding hydrogens is 253 g/mol. The van der Waals surface area contributed by atoms with Gasteiger partial charge in [0.25, 0.3) is 0 Å². The minimum Gasteiger partial charge on any atom is -0.496 e. The van der Waals surface area contributed by atoms with Crippen molar-refractivity contribution >= 4 is 11.6 Å². The van der Waals surface area contributed by atoms with Crippen molar-refractivity contribution in [3.8, 4) is 5.75 Å². The molecule has 17 heavy (non-hydrogen) atoms. The molecule has 0 saturated heterocycles. The van der Waals surface area contributed by atoms with Gasteiger partial charge in [-0.15, -0.1) is 11.6 Å². The Morgan fingerprint density at radius 2 is 2.00 bits per heavy atom. The zero-order valence-corrected chi connectivity index (χ0v) is 10.4. The SMILES string of the molecule is COc1cc(C(F)(F)F)ccc1C(C)CCCl. The van der Waals surface area contributed by atoms with Crippen LogP contribution in [-0.4, -0.2) is 13.0 Å². The minimum absolute atomic E-state index is 0.0738. The summed E-state index contributed by atoms with van der Waals surface area (Å²) in [4.78, 5) is 0. The Hall–Kier alpha value is -0.900. The average molecular weight is 267 g/mol. The summed E-state index contributed by atoms with van der Waals surface area (Å²) in [5.74, 6) is 0.799. The van der Waals surface area contributed by atoms with Crippen molar-refractivity contribution in [2.75, 3.05) is 13.0 Å². The summed E-state index contributed by atoms with van der Waals surface area (Å²) in [6.45, 7) is 1.91. The van der Waals surface area contributed by atoms with Crippen LogP contribution < -0.4 is 4.74 Å². The second kappa shape index (κ2) is 5.63. The van der Waals surface area contributed by atoms with Crippen LogP contribution in [-0.2, 0) is 6.18 Å². The fraction of sp³-hybridized carbons (Fsp3) is 0.500. The van der Waals surface area contributed by atoms with Gasteiger partial charge in [-0.25, -0.2) is 0 Å². The Morgan fingerprint density at radius 1 is 1.35 bits per heavy atom. The Kier molecular flexibility index (Phi) is 4.69. The summed E-state index contributed by atoms with van der Waals surface area (Å²) in [6, 6.07) is 3.56. The number of alkyl halides is 4. The van der Waals surface area contributed by atoms with Crippen molar-refractivity contribution in [1.82, 2.24) is 0 Å². The first-order valence-electron chi connectivity index (χ1n) is 5.21. The highest BCUT2D eigenvalue weighted by molar-refractivity contribution is 6.17. The standard InChI is InChI=1S/C12H14ClF3O/c1-8(5-6-13)10-4-3-9(12(14,15)16)7-11(10)17-2/h3-4,7-8H,5-6H2,1-2H3. The number of benzene rings is 1. The van der Waals surface area contributed by atoms with Gasteiger partial charge in [0.05, 0.1) is 12.7 Å². The molecule has 0 aromatic heterocycles. The lowest BCUT2D eigenvalue weighted by molar-refractivity contribution is -0.137. The van der Waals surface area contributed by atoms with Gasteiger partial charge < -0.3 is 4.74 Å². The number of hydrogen-bond acceptors (Lipinski definition) is 1. The Morgan fingerprint density at radius 3 is 2.47 bits per heavy atom. The highest BCUT2D eigenvalue weighted by Gasteiger charge is 2.31. The van der Waals surface area contributed by atoms with E-state index in [1.807, 2.05) is 6.92 Å². The number of rotatable bonds is 4. The van der Waals surface area contributed by atoms with Gasteiger partial charge in [0.1, 0.15) is 5.75 Å². The maximum atomic E-state index is 12.5. The van der Waals surface area contributed by atoms with Crippen LogP contribution in [0.4, 0.5) is 13.2 Å². The quantitative estimate of drug-likeness (QED) is 0.732. The predicted molar refractivity (Wildman–Crippen MR) is 61.7 cm³/mol. The van der Waals surface area contributed by atoms with Crippen molar-refractivity contribution in [3.63, 3.8) is 0 Å². The van der Waals surface area contributed by atoms with Crippen molar-refractivity contribution in [2.24, 2.45) is 0 Å². The molecule has 1 aromatic carbocycles. The van der Waals surface area contributed by atoms with Crippen LogP contribution in [0, 0.1) is 0 Å². The lowest BCUT2D eigenvalue weighted by Gasteiger charge is -2.16. The first-order chi connectivity index (χ1) is 7.90. The van der Waals surface area contributed by atoms with Gasteiger partial charge in [0.15, 0.2) is 0 Å². The van der Waals surface area contributed by atoms with Gasteiger partial charge in [0.2, 0.25) is 0 Å². The van der Waals surface area contributed by atoms with Gasteiger partial charge in [0, 0.05) is 5.88 Å². The van der Waals surface area contributed by atoms with Crippen LogP contribution >= 0.6 is 11.6 Å². The molecule has 1 aromatic rings. The molecule has 1 nitrogen and oxygen atoms in total. The van der Waals surface area contributed by atoms with Gasteiger partial charge in [-0.3, -0.25) is 0 Å². The second-order valence-electron chi connectivity index (χ2n) is 3.83. The smallest absolute Gasteiger partial charge is 0.416 e. The summed E-state index contributed by atoms with van der Waals surface area (Å²) in [5, 5.41) is 0. The maximum absolute atomic E-state index is 12.5. The van der Waals surface area contributed by atoms with Crippen LogP contribution in [0.25, 0.3) is 0 Å². The second-order valence-corrected chi connectivity index (χ2v) is 4.21. The van der Waals surface area contributed by atoms with Gasteiger partial charge in [-0.1, -0.05) is 13.0 Å². The maximum Gasteiger partial charge on any atom is 0.416 e. The predicted octanol–water partition coefficient (Wildman–Crippen LogP) is 4.45. The average Bonchev–Trinajstić information content (AvgIpc) is 2.27. The molecule has 0 saturated carbocycles. The Labute approximate surface area is 104 Å². The summed E-state index contributed by atoms with van der Waals surface area (Å²) in [6.07, 6.45) is -3.65. The highest BCUT2D eigenvalue weighted by atomic mass is 35.5. The molecule has 1 rings (SSSR count). The largest absolute Gasteiger partial charge is 0.496 e. The molecule has 96 valence electrons. The molecule has 0 aliphatic carbocycles. The molecule has 0 fully saturated rings. The van der Waals surface area contributed by atoms with E-state index in [4.69, 9.17) is 16.3 Å². The molecule has 0 radical (unpaired) electrons. The molecule has 0 spiro atoms. The zero-order chi connectivity index (χ0) is 13.1. The third-order valence-corrected chi connectivity index (χ3v) is 2.85. The summed E-state index contributed by atoms with van der Waals surface area (Å²) in [7, 11) is 1.37. The van der Waals surface area contributed by atoms with E-state index in [2.05, 4.69) is 0 Å². The lowest BCUT2D eigenvalue weighted by Crippen LogP contribution is -2.07. The van der Waals surface area contributed by atoms with E-state index in [0.29, 0.717) is 12.3 Å². The van der Waals surface area contributed by atoms with Crippen LogP contribution in [0.3, 0.4) is 0 Å². The van der Waals surface area contributed by atoms with Crippen LogP contribution in [0.5, 0.6) is 5.75 Å². The summed E-state index contributed by atoms with van der Waals surface area (Å²) < 4.78 is 42.5. The van der Waals surface area contributed by atoms with E-state index in [9.17, 15) is 13.2 Å². The van der Waals surface area contributed by atoms with Crippen molar-refractivity contribution in [2.45, 2.75) is 25.4 Å². The van der Waals surface area contributed by atoms with E-state index in [-0.39, 0.29) is 11.7 Å². The number of hydrogen-bond donors (Lipinski definition) is 0. The third kappa shape index (κ3) is 3.53. The highest BCUT2D eigenvalue weighted by Crippen LogP contribution is 2.36. The van der Waals surface area contributed by atoms with Gasteiger partial charge >= 0.3 is 6.18 Å². The minimum atomic E-state index is -4.35. The van der Waals surface area contributed by atoms with Crippen molar-refractivity contribution in [3.05, 3.63) is 29.3 Å². The molecule has 1 unspecified atom stereocenters. The number of ether oxygens (including phenoxy) is 1. The molecule has 0 bridgehead atoms. The first kappa shape index (κ1) is 14.2. The summed E-state index contributed by atoms with van der Waals surface area (Å²) >= 11 is 5.62. The van der Waals surface area contributed by atoms with E-state index < -0.39 is 11.7 Å². The normalized spacial score (nSPS) is 13.5. The Bertz CT molecular complexity index is 377. The fourth-order valence-corrected chi connectivity index (χ4v) is 1.94. The Balaban J connectivity index is 3.10. The van der Waals surface area contributed by atoms with Crippen LogP contribution in [0.1, 0.15) is 30.4 Å². The van der Waals surface area contributed by atoms with Gasteiger partial charge in [-0.05, 0) is 30.0 Å². The zero-order valence-electron chi connectivity index (χ0n) is 9.64. The molecule has 0 aliphatic rings. The number of methoxy groups -OCH3 is 1. The van der Waals surface area contributed by atoms with Crippen LogP contribution in [0.15, 0.2) is 18.2 Å². The third-order valence-electron chi connectivity index (χ3n) is 2.63. The van der Waals surface area contributed by atoms with E-state index >= 15 is 0 Å². The molecule has 0 amide bonds. The number of halogens is 4. The van der Waals surface area contributed by atoms with Crippen molar-refractivity contribution < 1.29 is 17.9 Å². The van der Waals surface area contributed by atoms with Crippen molar-refractivity contribution in [1.29, 1.82) is 0 Å². The van der Waals surface area contributed by atoms with Crippen LogP contribution in [0.2, 0.25) is 0 Å². The monoisotopic (exact) mass is 266 g/mol. The molecule has 0 N–H and O–H groups in total. The first-order valence-corrected chi connectivity index (χ1v) is 5.74. The van der Waals surface area contributed by atoms with E-state index in [1.54, 1.807) is 0 Å². The molecule has 5 heteroatoms.